The Morgan fingerprint density at radius 1 is 1.03 bits per heavy atom. The van der Waals surface area contributed by atoms with E-state index in [2.05, 4.69) is 5.32 Å². The molecule has 174 valence electrons. The molecule has 6 nitrogen and oxygen atoms in total. The molecule has 0 aromatic rings. The second kappa shape index (κ2) is 12.0. The lowest BCUT2D eigenvalue weighted by Crippen LogP contribution is -2.49. The summed E-state index contributed by atoms with van der Waals surface area (Å²) in [6.07, 6.45) is 8.92. The van der Waals surface area contributed by atoms with Crippen LogP contribution in [0.15, 0.2) is 0 Å². The molecule has 1 aliphatic heterocycles. The minimum Gasteiger partial charge on any atom is -0.444 e. The van der Waals surface area contributed by atoms with Crippen molar-refractivity contribution in [2.24, 2.45) is 11.8 Å². The van der Waals surface area contributed by atoms with Crippen LogP contribution in [0.25, 0.3) is 0 Å². The maximum atomic E-state index is 12.6. The number of Topliss-reactive ketones (excluding diaryl/α,β-unsaturated/α-hetero) is 1. The number of ketones is 1. The zero-order valence-electron chi connectivity index (χ0n) is 19.7. The van der Waals surface area contributed by atoms with E-state index in [0.717, 1.165) is 38.5 Å². The third-order valence-electron chi connectivity index (χ3n) is 5.97. The van der Waals surface area contributed by atoms with Crippen LogP contribution in [0.3, 0.4) is 0 Å². The second-order valence-corrected chi connectivity index (χ2v) is 10.3. The fourth-order valence-electron chi connectivity index (χ4n) is 4.28. The third-order valence-corrected chi connectivity index (χ3v) is 5.97. The summed E-state index contributed by atoms with van der Waals surface area (Å²) < 4.78 is 17.7. The Morgan fingerprint density at radius 2 is 1.70 bits per heavy atom. The lowest BCUT2D eigenvalue weighted by Gasteiger charge is -2.35. The Morgan fingerprint density at radius 3 is 2.27 bits per heavy atom. The van der Waals surface area contributed by atoms with Crippen molar-refractivity contribution >= 4 is 11.9 Å². The third kappa shape index (κ3) is 9.34. The molecule has 1 N–H and O–H groups in total. The van der Waals surface area contributed by atoms with E-state index < -0.39 is 17.8 Å². The van der Waals surface area contributed by atoms with E-state index in [4.69, 9.17) is 14.2 Å². The first-order valence-electron chi connectivity index (χ1n) is 11.9. The number of hydrogen-bond donors (Lipinski definition) is 1. The summed E-state index contributed by atoms with van der Waals surface area (Å²) in [7, 11) is 0. The van der Waals surface area contributed by atoms with Gasteiger partial charge in [-0.15, -0.1) is 0 Å². The first-order chi connectivity index (χ1) is 14.1. The van der Waals surface area contributed by atoms with Crippen LogP contribution in [-0.4, -0.2) is 42.5 Å². The normalized spacial score (nSPS) is 23.1. The van der Waals surface area contributed by atoms with Crippen LogP contribution in [0.5, 0.6) is 0 Å². The van der Waals surface area contributed by atoms with Crippen LogP contribution in [0.2, 0.25) is 0 Å². The zero-order chi connectivity index (χ0) is 22.1. The molecule has 0 aromatic heterocycles. The molecule has 0 bridgehead atoms. The van der Waals surface area contributed by atoms with Gasteiger partial charge in [0.05, 0.1) is 12.1 Å². The number of ether oxygens (including phenoxy) is 3. The van der Waals surface area contributed by atoms with Gasteiger partial charge in [-0.1, -0.05) is 46.0 Å². The molecular formula is C24H43NO5. The van der Waals surface area contributed by atoms with Gasteiger partial charge in [-0.3, -0.25) is 4.79 Å². The highest BCUT2D eigenvalue weighted by molar-refractivity contribution is 5.81. The van der Waals surface area contributed by atoms with Crippen molar-refractivity contribution in [1.29, 1.82) is 0 Å². The number of rotatable bonds is 9. The van der Waals surface area contributed by atoms with Gasteiger partial charge in [0.25, 0.3) is 0 Å². The molecule has 6 heteroatoms. The van der Waals surface area contributed by atoms with Crippen molar-refractivity contribution in [2.45, 2.75) is 123 Å². The molecule has 2 rings (SSSR count). The van der Waals surface area contributed by atoms with Gasteiger partial charge in [0.1, 0.15) is 11.4 Å². The molecular weight excluding hydrogens is 382 g/mol. The Bertz CT molecular complexity index is 530. The first-order valence-corrected chi connectivity index (χ1v) is 11.9. The van der Waals surface area contributed by atoms with Crippen LogP contribution in [0.1, 0.15) is 98.8 Å². The van der Waals surface area contributed by atoms with Crippen LogP contribution in [0.4, 0.5) is 4.79 Å². The maximum absolute atomic E-state index is 12.6. The highest BCUT2D eigenvalue weighted by Crippen LogP contribution is 2.30. The van der Waals surface area contributed by atoms with Crippen LogP contribution in [-0.2, 0) is 19.0 Å². The van der Waals surface area contributed by atoms with Gasteiger partial charge < -0.3 is 19.5 Å². The molecule has 0 radical (unpaired) electrons. The average molecular weight is 426 g/mol. The zero-order valence-corrected chi connectivity index (χ0v) is 19.7. The number of carbonyl (C=O) groups excluding carboxylic acids is 2. The summed E-state index contributed by atoms with van der Waals surface area (Å²) in [5.74, 6) is 0.613. The van der Waals surface area contributed by atoms with Crippen LogP contribution < -0.4 is 5.32 Å². The van der Waals surface area contributed by atoms with Crippen molar-refractivity contribution in [3.8, 4) is 0 Å². The van der Waals surface area contributed by atoms with E-state index in [0.29, 0.717) is 12.5 Å². The number of nitrogens with one attached hydrogen (secondary N) is 1. The summed E-state index contributed by atoms with van der Waals surface area (Å²) in [5.41, 5.74) is -0.573. The highest BCUT2D eigenvalue weighted by Gasteiger charge is 2.33. The lowest BCUT2D eigenvalue weighted by atomic mass is 9.82. The summed E-state index contributed by atoms with van der Waals surface area (Å²) in [6, 6.07) is -0.267. The monoisotopic (exact) mass is 425 g/mol. The molecule has 1 aliphatic carbocycles. The average Bonchev–Trinajstić information content (AvgIpc) is 2.67. The fourth-order valence-corrected chi connectivity index (χ4v) is 4.28. The van der Waals surface area contributed by atoms with Crippen LogP contribution in [0, 0.1) is 11.8 Å². The van der Waals surface area contributed by atoms with Gasteiger partial charge >= 0.3 is 6.09 Å². The Hall–Kier alpha value is -1.14. The number of amides is 1. The minimum absolute atomic E-state index is 0.0692. The molecule has 2 aliphatic rings. The summed E-state index contributed by atoms with van der Waals surface area (Å²) in [5, 5.41) is 3.06. The largest absolute Gasteiger partial charge is 0.444 e. The quantitative estimate of drug-likeness (QED) is 0.537. The molecule has 1 saturated heterocycles. The summed E-state index contributed by atoms with van der Waals surface area (Å²) in [4.78, 5) is 25.3. The Kier molecular flexibility index (Phi) is 10.1. The van der Waals surface area contributed by atoms with Crippen molar-refractivity contribution in [3.05, 3.63) is 0 Å². The van der Waals surface area contributed by atoms with Crippen molar-refractivity contribution < 1.29 is 23.8 Å². The molecule has 1 heterocycles. The van der Waals surface area contributed by atoms with Gasteiger partial charge in [0, 0.05) is 18.9 Å². The van der Waals surface area contributed by atoms with E-state index in [-0.39, 0.29) is 30.5 Å². The Balaban J connectivity index is 2.15. The van der Waals surface area contributed by atoms with Gasteiger partial charge in [0.15, 0.2) is 6.29 Å². The predicted molar refractivity (Wildman–Crippen MR) is 117 cm³/mol. The van der Waals surface area contributed by atoms with E-state index >= 15 is 0 Å². The molecule has 0 aromatic carbocycles. The van der Waals surface area contributed by atoms with E-state index in [1.807, 2.05) is 34.6 Å². The predicted octanol–water partition coefficient (Wildman–Crippen LogP) is 5.38. The maximum Gasteiger partial charge on any atom is 0.407 e. The number of hydrogen-bond acceptors (Lipinski definition) is 5. The van der Waals surface area contributed by atoms with Crippen LogP contribution >= 0.6 is 0 Å². The molecule has 0 spiro atoms. The standard InChI is InChI=1S/C24H43NO5/c1-17(2)20(26)16-21(29-22-13-9-10-14-28-22)19(15-18-11-7-6-8-12-18)25-23(27)30-24(3,4)5/h17-19,21-22H,6-16H2,1-5H3,(H,25,27)/t19-,21-,22?/m0/s1. The van der Waals surface area contributed by atoms with Gasteiger partial charge in [0.2, 0.25) is 0 Å². The fraction of sp³-hybridized carbons (Fsp3) is 0.917. The van der Waals surface area contributed by atoms with E-state index in [1.165, 1.54) is 19.3 Å². The smallest absolute Gasteiger partial charge is 0.407 e. The number of carbonyl (C=O) groups is 2. The summed E-state index contributed by atoms with van der Waals surface area (Å²) >= 11 is 0. The molecule has 30 heavy (non-hydrogen) atoms. The minimum atomic E-state index is -0.573. The SMILES string of the molecule is CC(C)C(=O)C[C@H](OC1CCCCO1)[C@H](CC1CCCCC1)NC(=O)OC(C)(C)C. The van der Waals surface area contributed by atoms with Gasteiger partial charge in [-0.25, -0.2) is 4.79 Å². The van der Waals surface area contributed by atoms with E-state index in [1.54, 1.807) is 0 Å². The van der Waals surface area contributed by atoms with Gasteiger partial charge in [-0.2, -0.15) is 0 Å². The molecule has 1 unspecified atom stereocenters. The Labute approximate surface area is 182 Å². The molecule has 1 amide bonds. The van der Waals surface area contributed by atoms with Crippen molar-refractivity contribution in [1.82, 2.24) is 5.32 Å². The number of alkyl carbamates (subject to hydrolysis) is 1. The topological polar surface area (TPSA) is 73.9 Å². The van der Waals surface area contributed by atoms with E-state index in [9.17, 15) is 9.59 Å². The molecule has 2 fully saturated rings. The van der Waals surface area contributed by atoms with Crippen molar-refractivity contribution in [3.63, 3.8) is 0 Å². The first kappa shape index (κ1) is 25.1. The molecule has 1 saturated carbocycles. The lowest BCUT2D eigenvalue weighted by molar-refractivity contribution is -0.196. The summed E-state index contributed by atoms with van der Waals surface area (Å²) in [6.45, 7) is 10.1. The second-order valence-electron chi connectivity index (χ2n) is 10.3. The molecule has 3 atom stereocenters. The highest BCUT2D eigenvalue weighted by atomic mass is 16.7. The van der Waals surface area contributed by atoms with Crippen molar-refractivity contribution in [2.75, 3.05) is 6.61 Å². The van der Waals surface area contributed by atoms with Gasteiger partial charge in [-0.05, 0) is 52.4 Å².